The van der Waals surface area contributed by atoms with Crippen LogP contribution in [0.25, 0.3) is 0 Å². The highest BCUT2D eigenvalue weighted by molar-refractivity contribution is 5.24. The molecule has 0 radical (unpaired) electrons. The SMILES string of the molecule is Cc1cccc([C@@H](C)NCCC(C)(C)C#N)c1. The first-order valence-corrected chi connectivity index (χ1v) is 6.16. The van der Waals surface area contributed by atoms with E-state index in [9.17, 15) is 0 Å². The number of hydrogen-bond donors (Lipinski definition) is 1. The molecule has 17 heavy (non-hydrogen) atoms. The Kier molecular flexibility index (Phi) is 4.72. The van der Waals surface area contributed by atoms with Crippen molar-refractivity contribution in [1.29, 1.82) is 5.26 Å². The maximum Gasteiger partial charge on any atom is 0.0684 e. The fourth-order valence-electron chi connectivity index (χ4n) is 1.71. The van der Waals surface area contributed by atoms with Gasteiger partial charge in [-0.15, -0.1) is 0 Å². The summed E-state index contributed by atoms with van der Waals surface area (Å²) in [5.74, 6) is 0. The van der Waals surface area contributed by atoms with Crippen molar-refractivity contribution in [3.05, 3.63) is 35.4 Å². The number of nitrogens with zero attached hydrogens (tertiary/aromatic N) is 1. The van der Waals surface area contributed by atoms with E-state index in [0.717, 1.165) is 13.0 Å². The number of benzene rings is 1. The third-order valence-corrected chi connectivity index (χ3v) is 3.05. The van der Waals surface area contributed by atoms with Crippen molar-refractivity contribution in [2.24, 2.45) is 5.41 Å². The van der Waals surface area contributed by atoms with Crippen LogP contribution in [0.5, 0.6) is 0 Å². The monoisotopic (exact) mass is 230 g/mol. The second-order valence-electron chi connectivity index (χ2n) is 5.34. The number of aryl methyl sites for hydroxylation is 1. The number of nitrogens with one attached hydrogen (secondary N) is 1. The fraction of sp³-hybridized carbons (Fsp3) is 0.533. The second kappa shape index (κ2) is 5.84. The van der Waals surface area contributed by atoms with Gasteiger partial charge in [0, 0.05) is 6.04 Å². The van der Waals surface area contributed by atoms with Crippen LogP contribution in [0, 0.1) is 23.7 Å². The van der Waals surface area contributed by atoms with Crippen molar-refractivity contribution >= 4 is 0 Å². The van der Waals surface area contributed by atoms with Gasteiger partial charge in [-0.1, -0.05) is 29.8 Å². The zero-order valence-electron chi connectivity index (χ0n) is 11.2. The smallest absolute Gasteiger partial charge is 0.0684 e. The molecule has 0 heterocycles. The molecule has 0 bridgehead atoms. The number of hydrogen-bond acceptors (Lipinski definition) is 2. The van der Waals surface area contributed by atoms with Gasteiger partial charge in [-0.05, 0) is 46.2 Å². The summed E-state index contributed by atoms with van der Waals surface area (Å²) in [6, 6.07) is 11.2. The van der Waals surface area contributed by atoms with Crippen LogP contribution >= 0.6 is 0 Å². The van der Waals surface area contributed by atoms with Gasteiger partial charge in [0.2, 0.25) is 0 Å². The summed E-state index contributed by atoms with van der Waals surface area (Å²) in [7, 11) is 0. The Morgan fingerprint density at radius 3 is 2.71 bits per heavy atom. The molecule has 1 atom stereocenters. The van der Waals surface area contributed by atoms with Gasteiger partial charge in [-0.3, -0.25) is 0 Å². The van der Waals surface area contributed by atoms with E-state index in [0.29, 0.717) is 6.04 Å². The summed E-state index contributed by atoms with van der Waals surface area (Å²) >= 11 is 0. The maximum absolute atomic E-state index is 8.93. The quantitative estimate of drug-likeness (QED) is 0.839. The van der Waals surface area contributed by atoms with Gasteiger partial charge in [0.15, 0.2) is 0 Å². The van der Waals surface area contributed by atoms with Crippen LogP contribution in [0.1, 0.15) is 44.4 Å². The minimum atomic E-state index is -0.237. The lowest BCUT2D eigenvalue weighted by Crippen LogP contribution is -2.24. The molecule has 0 fully saturated rings. The zero-order valence-corrected chi connectivity index (χ0v) is 11.2. The van der Waals surface area contributed by atoms with Crippen LogP contribution in [0.4, 0.5) is 0 Å². The van der Waals surface area contributed by atoms with E-state index in [4.69, 9.17) is 5.26 Å². The lowest BCUT2D eigenvalue weighted by atomic mass is 9.91. The molecule has 0 spiro atoms. The van der Waals surface area contributed by atoms with E-state index < -0.39 is 0 Å². The van der Waals surface area contributed by atoms with E-state index in [1.165, 1.54) is 11.1 Å². The van der Waals surface area contributed by atoms with Crippen molar-refractivity contribution in [3.8, 4) is 6.07 Å². The normalized spacial score (nSPS) is 13.1. The molecule has 2 heteroatoms. The molecule has 0 aliphatic rings. The first-order valence-electron chi connectivity index (χ1n) is 6.16. The predicted octanol–water partition coefficient (Wildman–Crippen LogP) is 3.59. The standard InChI is InChI=1S/C15H22N2/c1-12-6-5-7-14(10-12)13(2)17-9-8-15(3,4)11-16/h5-7,10,13,17H,8-9H2,1-4H3/t13-/m1/s1. The number of nitriles is 1. The molecule has 0 unspecified atom stereocenters. The molecule has 0 aromatic heterocycles. The summed E-state index contributed by atoms with van der Waals surface area (Å²) in [6.07, 6.45) is 0.875. The van der Waals surface area contributed by atoms with Crippen molar-refractivity contribution < 1.29 is 0 Å². The van der Waals surface area contributed by atoms with Crippen molar-refractivity contribution in [1.82, 2.24) is 5.32 Å². The Labute approximate surface area is 105 Å². The summed E-state index contributed by atoms with van der Waals surface area (Å²) in [4.78, 5) is 0. The van der Waals surface area contributed by atoms with Gasteiger partial charge in [0.25, 0.3) is 0 Å². The average Bonchev–Trinajstić information content (AvgIpc) is 2.28. The fourth-order valence-corrected chi connectivity index (χ4v) is 1.71. The molecular formula is C15H22N2. The summed E-state index contributed by atoms with van der Waals surface area (Å²) in [6.45, 7) is 9.09. The minimum Gasteiger partial charge on any atom is -0.310 e. The van der Waals surface area contributed by atoms with Crippen molar-refractivity contribution in [3.63, 3.8) is 0 Å². The van der Waals surface area contributed by atoms with E-state index in [1.807, 2.05) is 13.8 Å². The first-order chi connectivity index (χ1) is 7.94. The third-order valence-electron chi connectivity index (χ3n) is 3.05. The van der Waals surface area contributed by atoms with Gasteiger partial charge in [-0.2, -0.15) is 5.26 Å². The molecule has 0 amide bonds. The predicted molar refractivity (Wildman–Crippen MR) is 71.6 cm³/mol. The highest BCUT2D eigenvalue weighted by Crippen LogP contribution is 2.19. The van der Waals surface area contributed by atoms with Crippen LogP contribution in [0.3, 0.4) is 0 Å². The average molecular weight is 230 g/mol. The summed E-state index contributed by atoms with van der Waals surface area (Å²) in [5, 5.41) is 12.4. The summed E-state index contributed by atoms with van der Waals surface area (Å²) in [5.41, 5.74) is 2.35. The molecule has 0 saturated carbocycles. The Morgan fingerprint density at radius 2 is 2.12 bits per heavy atom. The van der Waals surface area contributed by atoms with Gasteiger partial charge in [0.1, 0.15) is 0 Å². The highest BCUT2D eigenvalue weighted by Gasteiger charge is 2.16. The molecular weight excluding hydrogens is 208 g/mol. The van der Waals surface area contributed by atoms with Crippen LogP contribution in [-0.2, 0) is 0 Å². The maximum atomic E-state index is 8.93. The van der Waals surface area contributed by atoms with Crippen molar-refractivity contribution in [2.75, 3.05) is 6.54 Å². The first kappa shape index (κ1) is 13.7. The Bertz CT molecular complexity index is 402. The van der Waals surface area contributed by atoms with Crippen LogP contribution < -0.4 is 5.32 Å². The number of rotatable bonds is 5. The van der Waals surface area contributed by atoms with E-state index in [1.54, 1.807) is 0 Å². The molecule has 1 aromatic carbocycles. The Balaban J connectivity index is 2.46. The molecule has 1 aromatic rings. The molecule has 92 valence electrons. The molecule has 0 aliphatic heterocycles. The minimum absolute atomic E-state index is 0.237. The van der Waals surface area contributed by atoms with Gasteiger partial charge >= 0.3 is 0 Å². The van der Waals surface area contributed by atoms with Crippen molar-refractivity contribution in [2.45, 2.75) is 40.2 Å². The lowest BCUT2D eigenvalue weighted by molar-refractivity contribution is 0.416. The summed E-state index contributed by atoms with van der Waals surface area (Å²) < 4.78 is 0. The Morgan fingerprint density at radius 1 is 1.41 bits per heavy atom. The highest BCUT2D eigenvalue weighted by atomic mass is 14.9. The van der Waals surface area contributed by atoms with Gasteiger partial charge < -0.3 is 5.32 Å². The second-order valence-corrected chi connectivity index (χ2v) is 5.34. The topological polar surface area (TPSA) is 35.8 Å². The third kappa shape index (κ3) is 4.58. The molecule has 0 aliphatic carbocycles. The van der Waals surface area contributed by atoms with Gasteiger partial charge in [-0.25, -0.2) is 0 Å². The van der Waals surface area contributed by atoms with E-state index >= 15 is 0 Å². The van der Waals surface area contributed by atoms with Crippen LogP contribution in [0.15, 0.2) is 24.3 Å². The Hall–Kier alpha value is -1.33. The largest absolute Gasteiger partial charge is 0.310 e. The molecule has 2 nitrogen and oxygen atoms in total. The van der Waals surface area contributed by atoms with Crippen LogP contribution in [0.2, 0.25) is 0 Å². The van der Waals surface area contributed by atoms with E-state index in [2.05, 4.69) is 49.5 Å². The molecule has 1 rings (SSSR count). The molecule has 0 saturated heterocycles. The van der Waals surface area contributed by atoms with Crippen LogP contribution in [-0.4, -0.2) is 6.54 Å². The zero-order chi connectivity index (χ0) is 12.9. The molecule has 1 N–H and O–H groups in total. The van der Waals surface area contributed by atoms with E-state index in [-0.39, 0.29) is 5.41 Å². The van der Waals surface area contributed by atoms with Gasteiger partial charge in [0.05, 0.1) is 11.5 Å². The lowest BCUT2D eigenvalue weighted by Gasteiger charge is -2.19.